The average Bonchev–Trinajstić information content (AvgIpc) is 3.11. The van der Waals surface area contributed by atoms with Crippen LogP contribution in [0.15, 0.2) is 61.1 Å². The molecule has 130 valence electrons. The van der Waals surface area contributed by atoms with Gasteiger partial charge in [0, 0.05) is 17.4 Å². The Kier molecular flexibility index (Phi) is 4.20. The molecule has 0 spiro atoms. The number of aromatic nitrogens is 4. The van der Waals surface area contributed by atoms with Gasteiger partial charge in [-0.25, -0.2) is 15.0 Å². The first-order chi connectivity index (χ1) is 12.7. The minimum absolute atomic E-state index is 0.379. The van der Waals surface area contributed by atoms with Crippen molar-refractivity contribution < 1.29 is 10.2 Å². The predicted octanol–water partition coefficient (Wildman–Crippen LogP) is 2.82. The summed E-state index contributed by atoms with van der Waals surface area (Å²) in [4.78, 5) is 13.1. The molecule has 2 aromatic carbocycles. The van der Waals surface area contributed by atoms with E-state index in [1.807, 2.05) is 22.8 Å². The van der Waals surface area contributed by atoms with Crippen LogP contribution in [-0.4, -0.2) is 36.3 Å². The fourth-order valence-corrected chi connectivity index (χ4v) is 2.85. The van der Waals surface area contributed by atoms with Crippen molar-refractivity contribution in [1.82, 2.24) is 19.5 Å². The van der Waals surface area contributed by atoms with E-state index >= 15 is 0 Å². The van der Waals surface area contributed by atoms with Gasteiger partial charge in [-0.2, -0.15) is 0 Å². The van der Waals surface area contributed by atoms with Crippen molar-refractivity contribution in [2.75, 3.05) is 6.61 Å². The summed E-state index contributed by atoms with van der Waals surface area (Å²) in [5.41, 5.74) is 5.26. The van der Waals surface area contributed by atoms with E-state index < -0.39 is 6.10 Å². The molecule has 0 saturated heterocycles. The van der Waals surface area contributed by atoms with Gasteiger partial charge in [0.15, 0.2) is 5.82 Å². The predicted molar refractivity (Wildman–Crippen MR) is 98.9 cm³/mol. The first-order valence-corrected chi connectivity index (χ1v) is 8.32. The molecule has 0 bridgehead atoms. The molecule has 0 fully saturated rings. The van der Waals surface area contributed by atoms with E-state index in [2.05, 4.69) is 46.1 Å². The maximum atomic E-state index is 9.80. The number of aliphatic hydroxyl groups excluding tert-OH is 2. The molecular formula is C20H18N4O2. The number of hydrogen-bond donors (Lipinski definition) is 2. The van der Waals surface area contributed by atoms with Gasteiger partial charge in [0.05, 0.1) is 23.3 Å². The normalized spacial score (nSPS) is 12.4. The van der Waals surface area contributed by atoms with Crippen molar-refractivity contribution in [3.63, 3.8) is 0 Å². The van der Waals surface area contributed by atoms with Crippen molar-refractivity contribution in [2.24, 2.45) is 0 Å². The van der Waals surface area contributed by atoms with Gasteiger partial charge in [0.1, 0.15) is 12.4 Å². The first kappa shape index (κ1) is 16.4. The highest BCUT2D eigenvalue weighted by Crippen LogP contribution is 2.24. The van der Waals surface area contributed by atoms with Crippen molar-refractivity contribution in [1.29, 1.82) is 0 Å². The first-order valence-electron chi connectivity index (χ1n) is 8.32. The molecule has 4 rings (SSSR count). The van der Waals surface area contributed by atoms with Crippen LogP contribution in [0.1, 0.15) is 17.4 Å². The van der Waals surface area contributed by atoms with Crippen LogP contribution in [-0.2, 0) is 0 Å². The molecule has 0 saturated carbocycles. The van der Waals surface area contributed by atoms with Crippen LogP contribution in [0.25, 0.3) is 28.1 Å². The second-order valence-corrected chi connectivity index (χ2v) is 6.16. The Hall–Kier alpha value is -3.09. The minimum Gasteiger partial charge on any atom is -0.393 e. The number of rotatable bonds is 4. The zero-order valence-electron chi connectivity index (χ0n) is 14.2. The summed E-state index contributed by atoms with van der Waals surface area (Å²) in [5.74, 6) is 0.494. The molecule has 6 nitrogen and oxygen atoms in total. The second-order valence-electron chi connectivity index (χ2n) is 6.16. The van der Waals surface area contributed by atoms with Crippen LogP contribution in [0, 0.1) is 6.92 Å². The lowest BCUT2D eigenvalue weighted by atomic mass is 10.1. The van der Waals surface area contributed by atoms with E-state index in [-0.39, 0.29) is 6.61 Å². The van der Waals surface area contributed by atoms with E-state index in [1.165, 1.54) is 5.56 Å². The maximum absolute atomic E-state index is 9.80. The molecule has 26 heavy (non-hydrogen) atoms. The highest BCUT2D eigenvalue weighted by atomic mass is 16.3. The largest absolute Gasteiger partial charge is 0.393 e. The monoisotopic (exact) mass is 346 g/mol. The highest BCUT2D eigenvalue weighted by Gasteiger charge is 2.12. The van der Waals surface area contributed by atoms with Gasteiger partial charge >= 0.3 is 0 Å². The van der Waals surface area contributed by atoms with Crippen LogP contribution in [0.5, 0.6) is 0 Å². The Labute approximate surface area is 150 Å². The molecule has 0 aliphatic heterocycles. The number of imidazole rings is 1. The quantitative estimate of drug-likeness (QED) is 0.594. The highest BCUT2D eigenvalue weighted by molar-refractivity contribution is 5.82. The van der Waals surface area contributed by atoms with E-state index in [4.69, 9.17) is 5.11 Å². The summed E-state index contributed by atoms with van der Waals surface area (Å²) >= 11 is 0. The second kappa shape index (κ2) is 6.67. The topological polar surface area (TPSA) is 84.1 Å². The summed E-state index contributed by atoms with van der Waals surface area (Å²) in [6, 6.07) is 15.6. The average molecular weight is 346 g/mol. The number of aliphatic hydroxyl groups is 2. The van der Waals surface area contributed by atoms with Crippen molar-refractivity contribution in [3.8, 4) is 17.1 Å². The van der Waals surface area contributed by atoms with E-state index in [1.54, 1.807) is 18.6 Å². The molecule has 2 aromatic heterocycles. The van der Waals surface area contributed by atoms with Crippen LogP contribution in [0.4, 0.5) is 0 Å². The molecule has 0 unspecified atom stereocenters. The molecule has 4 aromatic rings. The zero-order valence-corrected chi connectivity index (χ0v) is 14.2. The van der Waals surface area contributed by atoms with Gasteiger partial charge in [-0.05, 0) is 43.3 Å². The number of hydrogen-bond acceptors (Lipinski definition) is 5. The molecule has 2 heterocycles. The summed E-state index contributed by atoms with van der Waals surface area (Å²) in [5, 5.41) is 18.9. The summed E-state index contributed by atoms with van der Waals surface area (Å²) in [6.07, 6.45) is 2.36. The molecule has 6 heteroatoms. The Morgan fingerprint density at radius 1 is 1.04 bits per heavy atom. The van der Waals surface area contributed by atoms with Gasteiger partial charge in [-0.3, -0.25) is 4.57 Å². The SMILES string of the molecule is Cc1ccc(-n2cnc3ccc(-c4nccc([C@@H](O)CO)n4)cc32)cc1. The Morgan fingerprint density at radius 2 is 1.85 bits per heavy atom. The van der Waals surface area contributed by atoms with Gasteiger partial charge in [-0.15, -0.1) is 0 Å². The molecule has 2 N–H and O–H groups in total. The lowest BCUT2D eigenvalue weighted by Gasteiger charge is -2.09. The van der Waals surface area contributed by atoms with Gasteiger partial charge in [-0.1, -0.05) is 17.7 Å². The van der Waals surface area contributed by atoms with Crippen LogP contribution in [0.2, 0.25) is 0 Å². The van der Waals surface area contributed by atoms with Crippen molar-refractivity contribution in [2.45, 2.75) is 13.0 Å². The number of nitrogens with zero attached hydrogens (tertiary/aromatic N) is 4. The van der Waals surface area contributed by atoms with E-state index in [9.17, 15) is 5.11 Å². The molecule has 0 amide bonds. The lowest BCUT2D eigenvalue weighted by molar-refractivity contribution is 0.0922. The minimum atomic E-state index is -1.02. The van der Waals surface area contributed by atoms with Crippen molar-refractivity contribution in [3.05, 3.63) is 72.3 Å². The summed E-state index contributed by atoms with van der Waals surface area (Å²) in [6.45, 7) is 1.68. The molecule has 0 radical (unpaired) electrons. The maximum Gasteiger partial charge on any atom is 0.159 e. The van der Waals surface area contributed by atoms with Gasteiger partial charge in [0.2, 0.25) is 0 Å². The Bertz CT molecular complexity index is 1060. The molecule has 0 aliphatic carbocycles. The summed E-state index contributed by atoms with van der Waals surface area (Å²) < 4.78 is 2.02. The lowest BCUT2D eigenvalue weighted by Crippen LogP contribution is -2.06. The van der Waals surface area contributed by atoms with Crippen LogP contribution in [0.3, 0.4) is 0 Å². The molecular weight excluding hydrogens is 328 g/mol. The fraction of sp³-hybridized carbons (Fsp3) is 0.150. The zero-order chi connectivity index (χ0) is 18.1. The van der Waals surface area contributed by atoms with Gasteiger partial charge in [0.25, 0.3) is 0 Å². The smallest absolute Gasteiger partial charge is 0.159 e. The Morgan fingerprint density at radius 3 is 2.62 bits per heavy atom. The number of aryl methyl sites for hydroxylation is 1. The van der Waals surface area contributed by atoms with Crippen LogP contribution < -0.4 is 0 Å². The van der Waals surface area contributed by atoms with Crippen molar-refractivity contribution >= 4 is 11.0 Å². The third-order valence-electron chi connectivity index (χ3n) is 4.31. The van der Waals surface area contributed by atoms with E-state index in [0.717, 1.165) is 22.3 Å². The molecule has 0 aliphatic rings. The summed E-state index contributed by atoms with van der Waals surface area (Å²) in [7, 11) is 0. The fourth-order valence-electron chi connectivity index (χ4n) is 2.85. The number of benzene rings is 2. The number of fused-ring (bicyclic) bond motifs is 1. The molecule has 1 atom stereocenters. The Balaban J connectivity index is 1.80. The third kappa shape index (κ3) is 2.96. The van der Waals surface area contributed by atoms with Crippen LogP contribution >= 0.6 is 0 Å². The third-order valence-corrected chi connectivity index (χ3v) is 4.31. The standard InChI is InChI=1S/C20H18N4O2/c1-13-2-5-15(6-3-13)24-12-22-16-7-4-14(10-18(16)24)20-21-9-8-17(23-20)19(26)11-25/h2-10,12,19,25-26H,11H2,1H3/t19-/m0/s1. The van der Waals surface area contributed by atoms with Gasteiger partial charge < -0.3 is 10.2 Å². The van der Waals surface area contributed by atoms with E-state index in [0.29, 0.717) is 11.5 Å².